The van der Waals surface area contributed by atoms with E-state index in [0.29, 0.717) is 43.7 Å². The van der Waals surface area contributed by atoms with Crippen molar-refractivity contribution in [2.45, 2.75) is 19.9 Å². The highest BCUT2D eigenvalue weighted by atomic mass is 35.5. The zero-order chi connectivity index (χ0) is 22.0. The first-order valence-electron chi connectivity index (χ1n) is 9.57. The number of ether oxygens (including phenoxy) is 1. The van der Waals surface area contributed by atoms with Crippen molar-refractivity contribution in [1.29, 1.82) is 0 Å². The van der Waals surface area contributed by atoms with Gasteiger partial charge in [-0.25, -0.2) is 9.78 Å². The Morgan fingerprint density at radius 1 is 1.10 bits per heavy atom. The second-order valence-electron chi connectivity index (χ2n) is 7.03. The monoisotopic (exact) mass is 472 g/mol. The molecule has 5 nitrogen and oxygen atoms in total. The maximum Gasteiger partial charge on any atom is 0.348 e. The molecule has 0 saturated carbocycles. The normalized spacial score (nSPS) is 11.1. The van der Waals surface area contributed by atoms with Crippen LogP contribution < -0.4 is 5.56 Å². The Morgan fingerprint density at radius 2 is 1.87 bits per heavy atom. The fourth-order valence-corrected chi connectivity index (χ4v) is 4.63. The number of nitrogens with zero attached hydrogens (tertiary/aromatic N) is 2. The number of carbonyl (C=O) groups is 1. The van der Waals surface area contributed by atoms with E-state index in [2.05, 4.69) is 4.98 Å². The molecular formula is C23H18Cl2N2O3S. The third kappa shape index (κ3) is 4.66. The average molecular weight is 473 g/mol. The summed E-state index contributed by atoms with van der Waals surface area (Å²) in [5, 5.41) is 1.31. The van der Waals surface area contributed by atoms with Crippen molar-refractivity contribution in [3.63, 3.8) is 0 Å². The Morgan fingerprint density at radius 3 is 2.61 bits per heavy atom. The molecule has 2 aromatic carbocycles. The topological polar surface area (TPSA) is 61.2 Å². The smallest absolute Gasteiger partial charge is 0.348 e. The van der Waals surface area contributed by atoms with E-state index in [1.807, 2.05) is 30.3 Å². The molecule has 2 heterocycles. The first kappa shape index (κ1) is 21.6. The minimum atomic E-state index is -0.438. The lowest BCUT2D eigenvalue weighted by Gasteiger charge is -2.07. The van der Waals surface area contributed by atoms with Crippen LogP contribution in [-0.4, -0.2) is 22.1 Å². The fraction of sp³-hybridized carbons (Fsp3) is 0.174. The highest BCUT2D eigenvalue weighted by Crippen LogP contribution is 2.28. The van der Waals surface area contributed by atoms with Gasteiger partial charge in [0.25, 0.3) is 5.56 Å². The van der Waals surface area contributed by atoms with E-state index in [9.17, 15) is 9.59 Å². The largest absolute Gasteiger partial charge is 0.461 e. The van der Waals surface area contributed by atoms with E-state index in [0.717, 1.165) is 11.1 Å². The Bertz CT molecular complexity index is 1320. The number of hydrogen-bond donors (Lipinski definition) is 0. The van der Waals surface area contributed by atoms with Gasteiger partial charge in [-0.1, -0.05) is 59.6 Å². The predicted octanol–water partition coefficient (Wildman–Crippen LogP) is 5.52. The SMILES string of the molecule is Cc1c(C(=O)OCCc2ccccc2)sc2ncn(Cc3ccc(Cl)c(Cl)c3)c(=O)c12. The Balaban J connectivity index is 1.55. The van der Waals surface area contributed by atoms with Gasteiger partial charge in [0.1, 0.15) is 9.71 Å². The van der Waals surface area contributed by atoms with Crippen molar-refractivity contribution in [1.82, 2.24) is 9.55 Å². The molecule has 0 radical (unpaired) electrons. The Labute approximate surface area is 192 Å². The summed E-state index contributed by atoms with van der Waals surface area (Å²) in [7, 11) is 0. The molecule has 0 aliphatic rings. The Hall–Kier alpha value is -2.67. The number of aromatic nitrogens is 2. The number of fused-ring (bicyclic) bond motifs is 1. The molecule has 0 aliphatic carbocycles. The number of esters is 1. The number of thiophene rings is 1. The number of carbonyl (C=O) groups excluding carboxylic acids is 1. The number of aryl methyl sites for hydroxylation is 1. The van der Waals surface area contributed by atoms with Gasteiger partial charge < -0.3 is 4.74 Å². The van der Waals surface area contributed by atoms with E-state index in [1.54, 1.807) is 25.1 Å². The van der Waals surface area contributed by atoms with Gasteiger partial charge in [-0.05, 0) is 35.7 Å². The van der Waals surface area contributed by atoms with Crippen LogP contribution in [0.4, 0.5) is 0 Å². The summed E-state index contributed by atoms with van der Waals surface area (Å²) in [5.41, 5.74) is 2.29. The molecular weight excluding hydrogens is 455 g/mol. The highest BCUT2D eigenvalue weighted by molar-refractivity contribution is 7.20. The molecule has 31 heavy (non-hydrogen) atoms. The number of hydrogen-bond acceptors (Lipinski definition) is 5. The number of halogens is 2. The summed E-state index contributed by atoms with van der Waals surface area (Å²) >= 11 is 13.2. The fourth-order valence-electron chi connectivity index (χ4n) is 3.27. The Kier molecular flexibility index (Phi) is 6.41. The summed E-state index contributed by atoms with van der Waals surface area (Å²) in [6.45, 7) is 2.32. The van der Waals surface area contributed by atoms with Gasteiger partial charge in [-0.3, -0.25) is 9.36 Å². The van der Waals surface area contributed by atoms with Crippen molar-refractivity contribution >= 4 is 50.7 Å². The van der Waals surface area contributed by atoms with Crippen LogP contribution in [0.1, 0.15) is 26.4 Å². The second-order valence-corrected chi connectivity index (χ2v) is 8.85. The van der Waals surface area contributed by atoms with Gasteiger partial charge in [0, 0.05) is 6.42 Å². The van der Waals surface area contributed by atoms with E-state index < -0.39 is 5.97 Å². The molecule has 0 fully saturated rings. The number of benzene rings is 2. The van der Waals surface area contributed by atoms with Crippen LogP contribution in [0.25, 0.3) is 10.2 Å². The molecule has 158 valence electrons. The predicted molar refractivity (Wildman–Crippen MR) is 125 cm³/mol. The van der Waals surface area contributed by atoms with E-state index >= 15 is 0 Å². The van der Waals surface area contributed by atoms with E-state index in [1.165, 1.54) is 22.2 Å². The van der Waals surface area contributed by atoms with Gasteiger partial charge >= 0.3 is 5.97 Å². The van der Waals surface area contributed by atoms with Gasteiger partial charge in [-0.2, -0.15) is 0 Å². The van der Waals surface area contributed by atoms with Crippen LogP contribution in [0, 0.1) is 6.92 Å². The molecule has 0 N–H and O–H groups in total. The minimum absolute atomic E-state index is 0.215. The lowest BCUT2D eigenvalue weighted by atomic mass is 10.2. The van der Waals surface area contributed by atoms with Crippen LogP contribution in [-0.2, 0) is 17.7 Å². The van der Waals surface area contributed by atoms with Crippen molar-refractivity contribution < 1.29 is 9.53 Å². The zero-order valence-electron chi connectivity index (χ0n) is 16.6. The third-order valence-corrected chi connectivity index (χ3v) is 6.83. The first-order valence-corrected chi connectivity index (χ1v) is 11.1. The maximum atomic E-state index is 13.1. The van der Waals surface area contributed by atoms with Crippen LogP contribution in [0.5, 0.6) is 0 Å². The summed E-state index contributed by atoms with van der Waals surface area (Å²) < 4.78 is 6.93. The van der Waals surface area contributed by atoms with E-state index in [-0.39, 0.29) is 12.2 Å². The van der Waals surface area contributed by atoms with E-state index in [4.69, 9.17) is 27.9 Å². The van der Waals surface area contributed by atoms with Crippen LogP contribution in [0.2, 0.25) is 10.0 Å². The van der Waals surface area contributed by atoms with Crippen molar-refractivity contribution in [2.24, 2.45) is 0 Å². The zero-order valence-corrected chi connectivity index (χ0v) is 18.9. The van der Waals surface area contributed by atoms with Crippen molar-refractivity contribution in [3.8, 4) is 0 Å². The number of rotatable bonds is 6. The molecule has 8 heteroatoms. The van der Waals surface area contributed by atoms with Gasteiger partial charge in [0.05, 0.1) is 34.9 Å². The second kappa shape index (κ2) is 9.22. The van der Waals surface area contributed by atoms with Gasteiger partial charge in [-0.15, -0.1) is 11.3 Å². The summed E-state index contributed by atoms with van der Waals surface area (Å²) in [5.74, 6) is -0.438. The molecule has 0 saturated heterocycles. The molecule has 0 unspecified atom stereocenters. The molecule has 0 spiro atoms. The van der Waals surface area contributed by atoms with Gasteiger partial charge in [0.15, 0.2) is 0 Å². The molecule has 4 rings (SSSR count). The lowest BCUT2D eigenvalue weighted by molar-refractivity contribution is 0.0514. The molecule has 0 bridgehead atoms. The van der Waals surface area contributed by atoms with Crippen molar-refractivity contribution in [3.05, 3.63) is 96.8 Å². The minimum Gasteiger partial charge on any atom is -0.461 e. The van der Waals surface area contributed by atoms with Crippen LogP contribution >= 0.6 is 34.5 Å². The highest BCUT2D eigenvalue weighted by Gasteiger charge is 2.20. The van der Waals surface area contributed by atoms with Crippen molar-refractivity contribution in [2.75, 3.05) is 6.61 Å². The summed E-state index contributed by atoms with van der Waals surface area (Å²) in [6.07, 6.45) is 2.11. The molecule has 0 atom stereocenters. The standard InChI is InChI=1S/C23H18Cl2N2O3S/c1-14-19-21(31-20(14)23(29)30-10-9-15-5-3-2-4-6-15)26-13-27(22(19)28)12-16-7-8-17(24)18(25)11-16/h2-8,11,13H,9-10,12H2,1H3. The first-order chi connectivity index (χ1) is 14.9. The molecule has 0 amide bonds. The molecule has 2 aromatic heterocycles. The average Bonchev–Trinajstić information content (AvgIpc) is 3.10. The van der Waals surface area contributed by atoms with Crippen LogP contribution in [0.3, 0.4) is 0 Å². The lowest BCUT2D eigenvalue weighted by Crippen LogP contribution is -2.21. The van der Waals surface area contributed by atoms with Crippen LogP contribution in [0.15, 0.2) is 59.7 Å². The molecule has 0 aliphatic heterocycles. The van der Waals surface area contributed by atoms with Gasteiger partial charge in [0.2, 0.25) is 0 Å². The summed E-state index contributed by atoms with van der Waals surface area (Å²) in [4.78, 5) is 31.0. The maximum absolute atomic E-state index is 13.1. The summed E-state index contributed by atoms with van der Waals surface area (Å²) in [6, 6.07) is 15.0. The molecule has 4 aromatic rings. The third-order valence-electron chi connectivity index (χ3n) is 4.91. The quantitative estimate of drug-likeness (QED) is 0.346.